The van der Waals surface area contributed by atoms with Crippen LogP contribution in [0, 0.1) is 0 Å². The number of rotatable bonds is 8. The fourth-order valence-corrected chi connectivity index (χ4v) is 5.41. The quantitative estimate of drug-likeness (QED) is 0.584. The van der Waals surface area contributed by atoms with Gasteiger partial charge >= 0.3 is 6.09 Å². The van der Waals surface area contributed by atoms with Crippen LogP contribution >= 0.6 is 0 Å². The molecule has 0 spiro atoms. The fraction of sp³-hybridized carbons (Fsp3) is 0.500. The number of benzene rings is 2. The van der Waals surface area contributed by atoms with Gasteiger partial charge in [0, 0.05) is 18.5 Å². The van der Waals surface area contributed by atoms with Crippen molar-refractivity contribution in [1.82, 2.24) is 10.0 Å². The van der Waals surface area contributed by atoms with Gasteiger partial charge in [0.2, 0.25) is 10.0 Å². The van der Waals surface area contributed by atoms with E-state index in [0.29, 0.717) is 6.42 Å². The maximum absolute atomic E-state index is 12.6. The van der Waals surface area contributed by atoms with Crippen LogP contribution in [-0.2, 0) is 34.1 Å². The van der Waals surface area contributed by atoms with Crippen LogP contribution in [0.5, 0.6) is 0 Å². The second-order valence-electron chi connectivity index (χ2n) is 9.76. The Labute approximate surface area is 198 Å². The molecule has 0 saturated heterocycles. The minimum Gasteiger partial charge on any atom is -0.444 e. The van der Waals surface area contributed by atoms with Crippen molar-refractivity contribution in [3.63, 3.8) is 0 Å². The van der Waals surface area contributed by atoms with E-state index in [4.69, 9.17) is 4.74 Å². The number of nitrogens with one attached hydrogen (secondary N) is 2. The Morgan fingerprint density at radius 2 is 1.82 bits per heavy atom. The zero-order valence-electron chi connectivity index (χ0n) is 20.1. The number of carbonyl (C=O) groups is 1. The van der Waals surface area contributed by atoms with Crippen LogP contribution in [0.4, 0.5) is 4.79 Å². The van der Waals surface area contributed by atoms with E-state index >= 15 is 0 Å². The summed E-state index contributed by atoms with van der Waals surface area (Å²) >= 11 is 0. The average Bonchev–Trinajstić information content (AvgIpc) is 2.73. The number of sulfonamides is 1. The van der Waals surface area contributed by atoms with Crippen LogP contribution < -0.4 is 10.0 Å². The van der Waals surface area contributed by atoms with Crippen LogP contribution in [-0.4, -0.2) is 31.9 Å². The largest absolute Gasteiger partial charge is 0.444 e. The zero-order chi connectivity index (χ0) is 24.1. The summed E-state index contributed by atoms with van der Waals surface area (Å²) in [7, 11) is -3.28. The molecule has 0 fully saturated rings. The first-order valence-corrected chi connectivity index (χ1v) is 13.3. The lowest BCUT2D eigenvalue weighted by atomic mass is 9.75. The van der Waals surface area contributed by atoms with Crippen molar-refractivity contribution < 1.29 is 17.9 Å². The van der Waals surface area contributed by atoms with Crippen LogP contribution in [0.25, 0.3) is 0 Å². The molecule has 180 valence electrons. The van der Waals surface area contributed by atoms with Crippen molar-refractivity contribution in [2.75, 3.05) is 5.75 Å². The molecule has 0 heterocycles. The molecule has 33 heavy (non-hydrogen) atoms. The first-order chi connectivity index (χ1) is 15.6. The lowest BCUT2D eigenvalue weighted by Crippen LogP contribution is -2.44. The second-order valence-corrected chi connectivity index (χ2v) is 11.7. The number of carbonyl (C=O) groups excluding carboxylic acids is 1. The van der Waals surface area contributed by atoms with Gasteiger partial charge < -0.3 is 10.1 Å². The van der Waals surface area contributed by atoms with Gasteiger partial charge in [-0.15, -0.1) is 0 Å². The third-order valence-electron chi connectivity index (χ3n) is 5.79. The van der Waals surface area contributed by atoms with Crippen molar-refractivity contribution in [3.8, 4) is 0 Å². The highest BCUT2D eigenvalue weighted by Gasteiger charge is 2.32. The Morgan fingerprint density at radius 3 is 2.48 bits per heavy atom. The average molecular weight is 473 g/mol. The summed E-state index contributed by atoms with van der Waals surface area (Å²) in [6, 6.07) is 16.4. The Bertz CT molecular complexity index is 1050. The van der Waals surface area contributed by atoms with Gasteiger partial charge in [0.15, 0.2) is 0 Å². The fourth-order valence-electron chi connectivity index (χ4n) is 4.34. The smallest absolute Gasteiger partial charge is 0.407 e. The van der Waals surface area contributed by atoms with E-state index < -0.39 is 21.7 Å². The first kappa shape index (κ1) is 25.2. The van der Waals surface area contributed by atoms with Crippen molar-refractivity contribution in [2.45, 2.75) is 77.5 Å². The summed E-state index contributed by atoms with van der Waals surface area (Å²) in [5.41, 5.74) is 3.97. The van der Waals surface area contributed by atoms with E-state index in [1.807, 2.05) is 52.0 Å². The molecule has 7 heteroatoms. The summed E-state index contributed by atoms with van der Waals surface area (Å²) in [5, 5.41) is 3.11. The molecule has 0 aromatic heterocycles. The van der Waals surface area contributed by atoms with Gasteiger partial charge in [0.05, 0.1) is 5.75 Å². The molecule has 2 aromatic carbocycles. The number of alkyl carbamates (subject to hydrolysis) is 1. The molecule has 1 aliphatic carbocycles. The Hall–Kier alpha value is -2.38. The standard InChI is InChI=1S/C26H36N2O4S/c1-5-15-33(30,31)27-18-20-11-12-21-13-14-24(28-25(29)32-26(2,3)4)23(22(21)17-20)16-19-9-7-6-8-10-19/h6-12,17,23-24,27H,5,13-16,18H2,1-4H3,(H,28,29). The van der Waals surface area contributed by atoms with Crippen LogP contribution in [0.1, 0.15) is 68.7 Å². The number of hydrogen-bond donors (Lipinski definition) is 2. The van der Waals surface area contributed by atoms with Crippen LogP contribution in [0.15, 0.2) is 48.5 Å². The number of fused-ring (bicyclic) bond motifs is 1. The minimum atomic E-state index is -3.28. The molecule has 6 nitrogen and oxygen atoms in total. The predicted molar refractivity (Wildman–Crippen MR) is 132 cm³/mol. The third-order valence-corrected chi connectivity index (χ3v) is 7.32. The summed E-state index contributed by atoms with van der Waals surface area (Å²) < 4.78 is 32.4. The molecular weight excluding hydrogens is 436 g/mol. The number of ether oxygens (including phenoxy) is 1. The van der Waals surface area contributed by atoms with Crippen molar-refractivity contribution in [3.05, 3.63) is 70.8 Å². The number of aryl methyl sites for hydroxylation is 1. The lowest BCUT2D eigenvalue weighted by Gasteiger charge is -2.35. The lowest BCUT2D eigenvalue weighted by molar-refractivity contribution is 0.0491. The maximum atomic E-state index is 12.6. The Kier molecular flexibility index (Phi) is 8.19. The van der Waals surface area contributed by atoms with E-state index in [1.165, 1.54) is 16.7 Å². The van der Waals surface area contributed by atoms with Gasteiger partial charge in [-0.1, -0.05) is 55.5 Å². The molecule has 2 N–H and O–H groups in total. The van der Waals surface area contributed by atoms with E-state index in [-0.39, 0.29) is 24.3 Å². The van der Waals surface area contributed by atoms with Gasteiger partial charge in [-0.3, -0.25) is 0 Å². The van der Waals surface area contributed by atoms with Gasteiger partial charge in [0.25, 0.3) is 0 Å². The van der Waals surface area contributed by atoms with Gasteiger partial charge in [0.1, 0.15) is 5.60 Å². The monoisotopic (exact) mass is 472 g/mol. The molecule has 1 amide bonds. The van der Waals surface area contributed by atoms with Crippen LogP contribution in [0.3, 0.4) is 0 Å². The van der Waals surface area contributed by atoms with Crippen LogP contribution in [0.2, 0.25) is 0 Å². The maximum Gasteiger partial charge on any atom is 0.407 e. The Balaban J connectivity index is 1.86. The highest BCUT2D eigenvalue weighted by molar-refractivity contribution is 7.89. The van der Waals surface area contributed by atoms with Gasteiger partial charge in [-0.05, 0) is 68.7 Å². The first-order valence-electron chi connectivity index (χ1n) is 11.7. The second kappa shape index (κ2) is 10.7. The van der Waals surface area contributed by atoms with Gasteiger partial charge in [-0.25, -0.2) is 17.9 Å². The number of hydrogen-bond acceptors (Lipinski definition) is 4. The molecule has 1 aliphatic rings. The van der Waals surface area contributed by atoms with E-state index in [0.717, 1.165) is 24.8 Å². The van der Waals surface area contributed by atoms with Crippen molar-refractivity contribution >= 4 is 16.1 Å². The molecule has 2 aromatic rings. The number of amides is 1. The SMILES string of the molecule is CCCS(=O)(=O)NCc1ccc2c(c1)C(Cc1ccccc1)C(NC(=O)OC(C)(C)C)CC2. The predicted octanol–water partition coefficient (Wildman–Crippen LogP) is 4.68. The molecule has 0 aliphatic heterocycles. The van der Waals surface area contributed by atoms with Gasteiger partial charge in [-0.2, -0.15) is 0 Å². The zero-order valence-corrected chi connectivity index (χ0v) is 20.9. The molecule has 0 bridgehead atoms. The van der Waals surface area contributed by atoms with Crippen molar-refractivity contribution in [2.24, 2.45) is 0 Å². The van der Waals surface area contributed by atoms with E-state index in [9.17, 15) is 13.2 Å². The van der Waals surface area contributed by atoms with E-state index in [2.05, 4.69) is 34.3 Å². The Morgan fingerprint density at radius 1 is 1.09 bits per heavy atom. The van der Waals surface area contributed by atoms with E-state index in [1.54, 1.807) is 0 Å². The molecule has 2 atom stereocenters. The minimum absolute atomic E-state index is 0.0656. The molecule has 0 saturated carbocycles. The third kappa shape index (κ3) is 7.57. The normalized spacial score (nSPS) is 18.4. The summed E-state index contributed by atoms with van der Waals surface area (Å²) in [4.78, 5) is 12.6. The summed E-state index contributed by atoms with van der Waals surface area (Å²) in [5.74, 6) is 0.187. The molecule has 3 rings (SSSR count). The molecular formula is C26H36N2O4S. The summed E-state index contributed by atoms with van der Waals surface area (Å²) in [6.07, 6.45) is 2.63. The highest BCUT2D eigenvalue weighted by Crippen LogP contribution is 2.35. The topological polar surface area (TPSA) is 84.5 Å². The highest BCUT2D eigenvalue weighted by atomic mass is 32.2. The summed E-state index contributed by atoms with van der Waals surface area (Å²) in [6.45, 7) is 7.68. The molecule has 2 unspecified atom stereocenters. The van der Waals surface area contributed by atoms with Crippen molar-refractivity contribution in [1.29, 1.82) is 0 Å². The molecule has 0 radical (unpaired) electrons.